The summed E-state index contributed by atoms with van der Waals surface area (Å²) in [7, 11) is 1.49. The first-order chi connectivity index (χ1) is 9.67. The van der Waals surface area contributed by atoms with Crippen LogP contribution < -0.4 is 10.1 Å². The van der Waals surface area contributed by atoms with Gasteiger partial charge >= 0.3 is 0 Å². The number of nitrogens with zero attached hydrogens (tertiary/aromatic N) is 1. The van der Waals surface area contributed by atoms with Gasteiger partial charge in [-0.05, 0) is 51.1 Å². The number of amides is 1. The molecule has 1 aromatic carbocycles. The van der Waals surface area contributed by atoms with Gasteiger partial charge in [0.05, 0.1) is 7.11 Å². The molecule has 2 N–H and O–H groups in total. The molecule has 0 spiro atoms. The molecule has 1 aliphatic rings. The minimum absolute atomic E-state index is 0.000265. The minimum Gasteiger partial charge on any atom is -0.504 e. The molecule has 0 aliphatic carbocycles. The Bertz CT molecular complexity index is 470. The van der Waals surface area contributed by atoms with Crippen molar-refractivity contribution in [3.05, 3.63) is 23.8 Å². The van der Waals surface area contributed by atoms with Gasteiger partial charge < -0.3 is 20.1 Å². The summed E-state index contributed by atoms with van der Waals surface area (Å²) in [6.07, 6.45) is 1.95. The molecule has 2 rings (SSSR count). The van der Waals surface area contributed by atoms with Crippen LogP contribution in [0.2, 0.25) is 0 Å². The topological polar surface area (TPSA) is 61.8 Å². The highest BCUT2D eigenvalue weighted by Gasteiger charge is 2.25. The van der Waals surface area contributed by atoms with E-state index in [1.54, 1.807) is 12.1 Å². The third kappa shape index (κ3) is 3.04. The molecule has 1 saturated heterocycles. The van der Waals surface area contributed by atoms with Gasteiger partial charge in [0.2, 0.25) is 0 Å². The van der Waals surface area contributed by atoms with Crippen LogP contribution in [0.15, 0.2) is 18.2 Å². The Morgan fingerprint density at radius 1 is 1.45 bits per heavy atom. The zero-order valence-electron chi connectivity index (χ0n) is 12.1. The van der Waals surface area contributed by atoms with E-state index in [0.717, 1.165) is 25.9 Å². The number of phenols is 1. The van der Waals surface area contributed by atoms with Crippen LogP contribution in [0.25, 0.3) is 0 Å². The van der Waals surface area contributed by atoms with E-state index in [0.29, 0.717) is 17.9 Å². The van der Waals surface area contributed by atoms with Gasteiger partial charge in [-0.1, -0.05) is 0 Å². The largest absolute Gasteiger partial charge is 0.504 e. The van der Waals surface area contributed by atoms with E-state index >= 15 is 0 Å². The van der Waals surface area contributed by atoms with E-state index in [1.165, 1.54) is 13.2 Å². The van der Waals surface area contributed by atoms with E-state index in [-0.39, 0.29) is 17.7 Å². The standard InChI is InChI=1S/C15H22N2O3/c1-3-17(12-6-8-16-9-7-12)15(19)11-4-5-14(20-2)13(18)10-11/h4-5,10,12,16,18H,3,6-9H2,1-2H3. The molecule has 0 atom stereocenters. The number of hydrogen-bond acceptors (Lipinski definition) is 4. The zero-order valence-corrected chi connectivity index (χ0v) is 12.1. The minimum atomic E-state index is -0.0302. The lowest BCUT2D eigenvalue weighted by molar-refractivity contribution is 0.0655. The summed E-state index contributed by atoms with van der Waals surface area (Å²) in [5.74, 6) is 0.350. The van der Waals surface area contributed by atoms with Gasteiger partial charge in [-0.3, -0.25) is 4.79 Å². The molecule has 0 radical (unpaired) electrons. The van der Waals surface area contributed by atoms with E-state index in [9.17, 15) is 9.90 Å². The molecule has 0 aromatic heterocycles. The lowest BCUT2D eigenvalue weighted by atomic mass is 10.0. The second kappa shape index (κ2) is 6.61. The number of rotatable bonds is 4. The first kappa shape index (κ1) is 14.7. The third-order valence-electron chi connectivity index (χ3n) is 3.78. The third-order valence-corrected chi connectivity index (χ3v) is 3.78. The number of phenolic OH excluding ortho intramolecular Hbond substituents is 1. The quantitative estimate of drug-likeness (QED) is 0.878. The lowest BCUT2D eigenvalue weighted by Gasteiger charge is -2.34. The molecule has 5 nitrogen and oxygen atoms in total. The molecular formula is C15H22N2O3. The normalized spacial score (nSPS) is 15.9. The number of ether oxygens (including phenoxy) is 1. The molecule has 0 bridgehead atoms. The Hall–Kier alpha value is -1.75. The van der Waals surface area contributed by atoms with Crippen LogP contribution in [0, 0.1) is 0 Å². The molecule has 1 fully saturated rings. The number of aromatic hydroxyl groups is 1. The van der Waals surface area contributed by atoms with Crippen molar-refractivity contribution in [2.45, 2.75) is 25.8 Å². The summed E-state index contributed by atoms with van der Waals surface area (Å²) in [5, 5.41) is 13.1. The van der Waals surface area contributed by atoms with Gasteiger partial charge in [0.25, 0.3) is 5.91 Å². The van der Waals surface area contributed by atoms with Gasteiger partial charge in [0.15, 0.2) is 11.5 Å². The van der Waals surface area contributed by atoms with Crippen LogP contribution in [0.5, 0.6) is 11.5 Å². The summed E-state index contributed by atoms with van der Waals surface area (Å²) < 4.78 is 5.00. The average molecular weight is 278 g/mol. The van der Waals surface area contributed by atoms with Crippen molar-refractivity contribution in [3.8, 4) is 11.5 Å². The first-order valence-corrected chi connectivity index (χ1v) is 7.06. The summed E-state index contributed by atoms with van der Waals surface area (Å²) in [6.45, 7) is 4.56. The van der Waals surface area contributed by atoms with E-state index < -0.39 is 0 Å². The van der Waals surface area contributed by atoms with Gasteiger partial charge in [0, 0.05) is 18.2 Å². The second-order valence-electron chi connectivity index (χ2n) is 4.96. The smallest absolute Gasteiger partial charge is 0.254 e. The second-order valence-corrected chi connectivity index (χ2v) is 4.96. The number of carbonyl (C=O) groups is 1. The molecule has 110 valence electrons. The fourth-order valence-electron chi connectivity index (χ4n) is 2.67. The fraction of sp³-hybridized carbons (Fsp3) is 0.533. The van der Waals surface area contributed by atoms with Crippen LogP contribution in [0.1, 0.15) is 30.1 Å². The van der Waals surface area contributed by atoms with E-state index in [2.05, 4.69) is 5.32 Å². The fourth-order valence-corrected chi connectivity index (χ4v) is 2.67. The first-order valence-electron chi connectivity index (χ1n) is 7.06. The maximum Gasteiger partial charge on any atom is 0.254 e. The van der Waals surface area contributed by atoms with Crippen molar-refractivity contribution in [1.82, 2.24) is 10.2 Å². The molecular weight excluding hydrogens is 256 g/mol. The Morgan fingerprint density at radius 2 is 2.15 bits per heavy atom. The summed E-state index contributed by atoms with van der Waals surface area (Å²) >= 11 is 0. The van der Waals surface area contributed by atoms with Crippen LogP contribution in [-0.2, 0) is 0 Å². The Labute approximate surface area is 119 Å². The molecule has 0 saturated carbocycles. The van der Waals surface area contributed by atoms with E-state index in [4.69, 9.17) is 4.74 Å². The molecule has 1 aliphatic heterocycles. The van der Waals surface area contributed by atoms with Gasteiger partial charge in [-0.2, -0.15) is 0 Å². The van der Waals surface area contributed by atoms with Gasteiger partial charge in [-0.15, -0.1) is 0 Å². The summed E-state index contributed by atoms with van der Waals surface area (Å²) in [4.78, 5) is 14.5. The molecule has 1 heterocycles. The predicted octanol–water partition coefficient (Wildman–Crippen LogP) is 1.61. The number of hydrogen-bond donors (Lipinski definition) is 2. The average Bonchev–Trinajstić information content (AvgIpc) is 2.49. The maximum atomic E-state index is 12.6. The molecule has 5 heteroatoms. The highest BCUT2D eigenvalue weighted by molar-refractivity contribution is 5.95. The number of nitrogens with one attached hydrogen (secondary N) is 1. The lowest BCUT2D eigenvalue weighted by Crippen LogP contribution is -2.46. The number of piperidine rings is 1. The molecule has 1 amide bonds. The Morgan fingerprint density at radius 3 is 2.70 bits per heavy atom. The number of methoxy groups -OCH3 is 1. The van der Waals surface area contributed by atoms with Crippen molar-refractivity contribution in [3.63, 3.8) is 0 Å². The van der Waals surface area contributed by atoms with E-state index in [1.807, 2.05) is 11.8 Å². The van der Waals surface area contributed by atoms with Crippen molar-refractivity contribution >= 4 is 5.91 Å². The molecule has 1 aromatic rings. The van der Waals surface area contributed by atoms with Crippen molar-refractivity contribution in [2.75, 3.05) is 26.7 Å². The molecule has 0 unspecified atom stereocenters. The van der Waals surface area contributed by atoms with Crippen molar-refractivity contribution < 1.29 is 14.6 Å². The molecule has 20 heavy (non-hydrogen) atoms. The van der Waals surface area contributed by atoms with Gasteiger partial charge in [0.1, 0.15) is 0 Å². The summed E-state index contributed by atoms with van der Waals surface area (Å²) in [5.41, 5.74) is 0.503. The van der Waals surface area contributed by atoms with Crippen LogP contribution in [0.3, 0.4) is 0 Å². The number of carbonyl (C=O) groups excluding carboxylic acids is 1. The predicted molar refractivity (Wildman–Crippen MR) is 77.3 cm³/mol. The summed E-state index contributed by atoms with van der Waals surface area (Å²) in [6, 6.07) is 5.08. The SMILES string of the molecule is CCN(C(=O)c1ccc(OC)c(O)c1)C1CCNCC1. The van der Waals surface area contributed by atoms with Crippen LogP contribution in [-0.4, -0.2) is 48.7 Å². The Balaban J connectivity index is 2.17. The monoisotopic (exact) mass is 278 g/mol. The van der Waals surface area contributed by atoms with Crippen molar-refractivity contribution in [1.29, 1.82) is 0 Å². The number of benzene rings is 1. The zero-order chi connectivity index (χ0) is 14.5. The van der Waals surface area contributed by atoms with Crippen molar-refractivity contribution in [2.24, 2.45) is 0 Å². The van der Waals surface area contributed by atoms with Gasteiger partial charge in [-0.25, -0.2) is 0 Å². The highest BCUT2D eigenvalue weighted by Crippen LogP contribution is 2.27. The van der Waals surface area contributed by atoms with Crippen LogP contribution >= 0.6 is 0 Å². The highest BCUT2D eigenvalue weighted by atomic mass is 16.5. The maximum absolute atomic E-state index is 12.6. The van der Waals surface area contributed by atoms with Crippen LogP contribution in [0.4, 0.5) is 0 Å². The Kier molecular flexibility index (Phi) is 4.84.